The molecule has 1 aromatic carbocycles. The fourth-order valence-electron chi connectivity index (χ4n) is 2.40. The maximum Gasteiger partial charge on any atom is 0.230 e. The summed E-state index contributed by atoms with van der Waals surface area (Å²) in [5.41, 5.74) is 2.71. The van der Waals surface area contributed by atoms with Crippen LogP contribution in [-0.4, -0.2) is 40.3 Å². The van der Waals surface area contributed by atoms with Crippen molar-refractivity contribution in [3.05, 3.63) is 48.3 Å². The third kappa shape index (κ3) is 3.37. The first-order valence-electron chi connectivity index (χ1n) is 7.65. The second-order valence-electron chi connectivity index (χ2n) is 5.14. The highest BCUT2D eigenvalue weighted by atomic mass is 32.1. The van der Waals surface area contributed by atoms with E-state index in [4.69, 9.17) is 4.98 Å². The van der Waals surface area contributed by atoms with Crippen molar-refractivity contribution in [3.8, 4) is 10.6 Å². The Morgan fingerprint density at radius 1 is 1.17 bits per heavy atom. The molecule has 2 N–H and O–H groups in total. The Balaban J connectivity index is 2.00. The number of hydrogen-bond donors (Lipinski definition) is 2. The van der Waals surface area contributed by atoms with Gasteiger partial charge in [0.1, 0.15) is 0 Å². The molecular formula is C17H19N5OS. The molecule has 0 atom stereocenters. The van der Waals surface area contributed by atoms with Crippen molar-refractivity contribution in [2.75, 3.05) is 30.4 Å². The Kier molecular flexibility index (Phi) is 5.02. The lowest BCUT2D eigenvalue weighted by Crippen LogP contribution is -2.23. The molecule has 0 spiro atoms. The number of thiazole rings is 1. The average Bonchev–Trinajstić information content (AvgIpc) is 3.01. The van der Waals surface area contributed by atoms with Crippen LogP contribution in [0.5, 0.6) is 0 Å². The summed E-state index contributed by atoms with van der Waals surface area (Å²) >= 11 is 1.56. The van der Waals surface area contributed by atoms with Crippen LogP contribution in [0.2, 0.25) is 0 Å². The third-order valence-corrected chi connectivity index (χ3v) is 4.72. The number of aliphatic hydroxyl groups is 1. The molecule has 0 radical (unpaired) electrons. The van der Waals surface area contributed by atoms with E-state index in [1.54, 1.807) is 17.5 Å². The van der Waals surface area contributed by atoms with Crippen molar-refractivity contribution in [3.63, 3.8) is 0 Å². The summed E-state index contributed by atoms with van der Waals surface area (Å²) in [6.45, 7) is 2.42. The minimum Gasteiger partial charge on any atom is -0.395 e. The van der Waals surface area contributed by atoms with Crippen molar-refractivity contribution < 1.29 is 5.11 Å². The van der Waals surface area contributed by atoms with Crippen LogP contribution in [0.3, 0.4) is 0 Å². The molecule has 124 valence electrons. The molecule has 0 amide bonds. The molecular weight excluding hydrogens is 322 g/mol. The number of nitrogens with zero attached hydrogens (tertiary/aromatic N) is 4. The third-order valence-electron chi connectivity index (χ3n) is 3.52. The summed E-state index contributed by atoms with van der Waals surface area (Å²) in [5, 5.41) is 13.3. The molecule has 7 heteroatoms. The molecule has 0 fully saturated rings. The van der Waals surface area contributed by atoms with Gasteiger partial charge in [0.05, 0.1) is 22.9 Å². The quantitative estimate of drug-likeness (QED) is 0.718. The van der Waals surface area contributed by atoms with Crippen LogP contribution in [-0.2, 0) is 0 Å². The minimum atomic E-state index is 0.0198. The fraction of sp³-hybridized carbons (Fsp3) is 0.235. The second kappa shape index (κ2) is 7.37. The van der Waals surface area contributed by atoms with E-state index in [1.165, 1.54) is 0 Å². The second-order valence-corrected chi connectivity index (χ2v) is 6.14. The largest absolute Gasteiger partial charge is 0.395 e. The maximum atomic E-state index is 9.41. The van der Waals surface area contributed by atoms with Crippen LogP contribution in [0, 0.1) is 6.92 Å². The molecule has 3 rings (SSSR count). The summed E-state index contributed by atoms with van der Waals surface area (Å²) in [6.07, 6.45) is 1.74. The van der Waals surface area contributed by atoms with Crippen molar-refractivity contribution in [1.82, 2.24) is 15.0 Å². The van der Waals surface area contributed by atoms with Gasteiger partial charge in [0.15, 0.2) is 5.13 Å². The number of anilines is 3. The predicted molar refractivity (Wildman–Crippen MR) is 98.0 cm³/mol. The van der Waals surface area contributed by atoms with E-state index >= 15 is 0 Å². The molecule has 2 heterocycles. The van der Waals surface area contributed by atoms with E-state index < -0.39 is 0 Å². The van der Waals surface area contributed by atoms with Gasteiger partial charge in [0.2, 0.25) is 5.95 Å². The molecule has 0 saturated carbocycles. The molecule has 2 aromatic heterocycles. The summed E-state index contributed by atoms with van der Waals surface area (Å²) in [7, 11) is 1.85. The minimum absolute atomic E-state index is 0.0198. The Hall–Kier alpha value is -2.51. The van der Waals surface area contributed by atoms with Crippen molar-refractivity contribution in [2.24, 2.45) is 0 Å². The van der Waals surface area contributed by atoms with Gasteiger partial charge in [-0.25, -0.2) is 15.0 Å². The van der Waals surface area contributed by atoms with Gasteiger partial charge in [-0.3, -0.25) is 0 Å². The molecule has 0 aliphatic rings. The first-order valence-corrected chi connectivity index (χ1v) is 8.46. The number of aromatic nitrogens is 3. The highest BCUT2D eigenvalue weighted by Crippen LogP contribution is 2.32. The number of nitrogens with one attached hydrogen (secondary N) is 1. The Morgan fingerprint density at radius 2 is 1.96 bits per heavy atom. The SMILES string of the molecule is CNc1nc(C)c(-c2ccnc(N(CCO)c3ccccc3)n2)s1. The number of rotatable bonds is 6. The Labute approximate surface area is 144 Å². The molecule has 0 saturated heterocycles. The van der Waals surface area contributed by atoms with Crippen molar-refractivity contribution >= 4 is 28.1 Å². The average molecular weight is 341 g/mol. The van der Waals surface area contributed by atoms with E-state index in [9.17, 15) is 5.11 Å². The number of hydrogen-bond acceptors (Lipinski definition) is 7. The number of aryl methyl sites for hydroxylation is 1. The number of para-hydroxylation sites is 1. The van der Waals surface area contributed by atoms with Crippen LogP contribution in [0.1, 0.15) is 5.69 Å². The summed E-state index contributed by atoms with van der Waals surface area (Å²) in [4.78, 5) is 16.5. The first kappa shape index (κ1) is 16.4. The van der Waals surface area contributed by atoms with Gasteiger partial charge < -0.3 is 15.3 Å². The van der Waals surface area contributed by atoms with Crippen LogP contribution < -0.4 is 10.2 Å². The van der Waals surface area contributed by atoms with Gasteiger partial charge in [-0.1, -0.05) is 29.5 Å². The normalized spacial score (nSPS) is 10.6. The predicted octanol–water partition coefficient (Wildman–Crippen LogP) is 3.08. The Morgan fingerprint density at radius 3 is 2.62 bits per heavy atom. The lowest BCUT2D eigenvalue weighted by Gasteiger charge is -2.22. The van der Waals surface area contributed by atoms with E-state index in [-0.39, 0.29) is 6.61 Å². The van der Waals surface area contributed by atoms with Gasteiger partial charge in [-0.2, -0.15) is 0 Å². The highest BCUT2D eigenvalue weighted by molar-refractivity contribution is 7.19. The fourth-order valence-corrected chi connectivity index (χ4v) is 3.29. The van der Waals surface area contributed by atoms with Gasteiger partial charge in [0.25, 0.3) is 0 Å². The lowest BCUT2D eigenvalue weighted by molar-refractivity contribution is 0.305. The number of benzene rings is 1. The standard InChI is InChI=1S/C17H19N5OS/c1-12-15(24-17(18-2)20-12)14-8-9-19-16(21-14)22(10-11-23)13-6-4-3-5-7-13/h3-9,23H,10-11H2,1-2H3,(H,18,20). The Bertz CT molecular complexity index is 806. The monoisotopic (exact) mass is 341 g/mol. The zero-order chi connectivity index (χ0) is 16.9. The van der Waals surface area contributed by atoms with E-state index in [0.29, 0.717) is 12.5 Å². The van der Waals surface area contributed by atoms with Crippen LogP contribution >= 0.6 is 11.3 Å². The van der Waals surface area contributed by atoms with Gasteiger partial charge in [-0.15, -0.1) is 0 Å². The van der Waals surface area contributed by atoms with E-state index in [0.717, 1.165) is 27.1 Å². The van der Waals surface area contributed by atoms with Crippen LogP contribution in [0.15, 0.2) is 42.6 Å². The maximum absolute atomic E-state index is 9.41. The van der Waals surface area contributed by atoms with Gasteiger partial charge in [-0.05, 0) is 25.1 Å². The molecule has 6 nitrogen and oxygen atoms in total. The molecule has 0 bridgehead atoms. The molecule has 0 aliphatic heterocycles. The lowest BCUT2D eigenvalue weighted by atomic mass is 10.3. The van der Waals surface area contributed by atoms with Crippen molar-refractivity contribution in [2.45, 2.75) is 6.92 Å². The van der Waals surface area contributed by atoms with E-state index in [2.05, 4.69) is 15.3 Å². The number of aliphatic hydroxyl groups excluding tert-OH is 1. The molecule has 3 aromatic rings. The van der Waals surface area contributed by atoms with Gasteiger partial charge in [0, 0.05) is 25.5 Å². The smallest absolute Gasteiger partial charge is 0.230 e. The van der Waals surface area contributed by atoms with Crippen molar-refractivity contribution in [1.29, 1.82) is 0 Å². The summed E-state index contributed by atoms with van der Waals surface area (Å²) < 4.78 is 0. The zero-order valence-corrected chi connectivity index (χ0v) is 14.4. The summed E-state index contributed by atoms with van der Waals surface area (Å²) in [5.74, 6) is 0.562. The van der Waals surface area contributed by atoms with Crippen LogP contribution in [0.25, 0.3) is 10.6 Å². The first-order chi connectivity index (χ1) is 11.7. The topological polar surface area (TPSA) is 74.2 Å². The molecule has 24 heavy (non-hydrogen) atoms. The molecule has 0 unspecified atom stereocenters. The zero-order valence-electron chi connectivity index (χ0n) is 13.6. The highest BCUT2D eigenvalue weighted by Gasteiger charge is 2.15. The molecule has 0 aliphatic carbocycles. The summed E-state index contributed by atoms with van der Waals surface area (Å²) in [6, 6.07) is 11.7. The van der Waals surface area contributed by atoms with Crippen LogP contribution in [0.4, 0.5) is 16.8 Å². The van der Waals surface area contributed by atoms with Gasteiger partial charge >= 0.3 is 0 Å². The van der Waals surface area contributed by atoms with E-state index in [1.807, 2.05) is 55.3 Å².